The summed E-state index contributed by atoms with van der Waals surface area (Å²) in [5.74, 6) is 0.746. The van der Waals surface area contributed by atoms with Crippen LogP contribution in [0.15, 0.2) is 65.4 Å². The van der Waals surface area contributed by atoms with E-state index in [4.69, 9.17) is 21.4 Å². The normalized spacial score (nSPS) is 11.0. The molecule has 4 rings (SSSR count). The quantitative estimate of drug-likeness (QED) is 0.464. The first-order chi connectivity index (χ1) is 11.3. The van der Waals surface area contributed by atoms with Crippen molar-refractivity contribution >= 4 is 34.1 Å². The predicted octanol–water partition coefficient (Wildman–Crippen LogP) is 5.39. The molecular formula is C19H13NO2S. The van der Waals surface area contributed by atoms with Gasteiger partial charge in [-0.25, -0.2) is 0 Å². The number of pyridine rings is 1. The van der Waals surface area contributed by atoms with Crippen molar-refractivity contribution in [3.05, 3.63) is 65.5 Å². The van der Waals surface area contributed by atoms with Gasteiger partial charge >= 0.3 is 0 Å². The molecule has 0 saturated heterocycles. The molecule has 0 aliphatic rings. The molecular weight excluding hydrogens is 306 g/mol. The maximum Gasteiger partial charge on any atom is 0.138 e. The minimum Gasteiger partial charge on any atom is -0.497 e. The Bertz CT molecular complexity index is 1080. The number of hydrogen-bond donors (Lipinski definition) is 0. The van der Waals surface area contributed by atoms with Gasteiger partial charge in [-0.3, -0.25) is 4.98 Å². The van der Waals surface area contributed by atoms with Gasteiger partial charge in [-0.1, -0.05) is 36.5 Å². The van der Waals surface area contributed by atoms with Crippen LogP contribution in [-0.4, -0.2) is 12.1 Å². The molecule has 4 aromatic rings. The minimum atomic E-state index is 0.714. The maximum atomic E-state index is 5.79. The third kappa shape index (κ3) is 2.28. The number of ether oxygens (including phenoxy) is 1. The van der Waals surface area contributed by atoms with Crippen LogP contribution in [0.25, 0.3) is 33.0 Å². The van der Waals surface area contributed by atoms with Crippen LogP contribution in [-0.2, 0) is 0 Å². The first-order valence-electron chi connectivity index (χ1n) is 7.21. The molecule has 2 aromatic heterocycles. The Morgan fingerprint density at radius 1 is 1.04 bits per heavy atom. The number of nitrogens with zero attached hydrogens (tertiary/aromatic N) is 1. The molecule has 0 fully saturated rings. The Kier molecular flexibility index (Phi) is 3.32. The van der Waals surface area contributed by atoms with E-state index in [1.54, 1.807) is 19.6 Å². The fraction of sp³-hybridized carbons (Fsp3) is 0.0526. The van der Waals surface area contributed by atoms with Gasteiger partial charge in [-0.15, -0.1) is 0 Å². The Labute approximate surface area is 138 Å². The molecule has 0 amide bonds. The molecule has 3 nitrogen and oxygen atoms in total. The van der Waals surface area contributed by atoms with E-state index in [1.807, 2.05) is 48.5 Å². The highest BCUT2D eigenvalue weighted by Gasteiger charge is 2.10. The summed E-state index contributed by atoms with van der Waals surface area (Å²) in [5.41, 5.74) is 3.49. The van der Waals surface area contributed by atoms with Crippen molar-refractivity contribution in [1.82, 2.24) is 4.98 Å². The lowest BCUT2D eigenvalue weighted by atomic mass is 10.0. The van der Waals surface area contributed by atoms with Gasteiger partial charge < -0.3 is 9.15 Å². The highest BCUT2D eigenvalue weighted by molar-refractivity contribution is 7.71. The van der Waals surface area contributed by atoms with E-state index in [9.17, 15) is 0 Å². The Balaban J connectivity index is 2.02. The van der Waals surface area contributed by atoms with Gasteiger partial charge in [0, 0.05) is 34.2 Å². The van der Waals surface area contributed by atoms with E-state index in [-0.39, 0.29) is 0 Å². The third-order valence-electron chi connectivity index (χ3n) is 3.90. The smallest absolute Gasteiger partial charge is 0.138 e. The molecule has 0 N–H and O–H groups in total. The maximum absolute atomic E-state index is 5.79. The van der Waals surface area contributed by atoms with Crippen LogP contribution in [0.4, 0.5) is 0 Å². The van der Waals surface area contributed by atoms with Crippen LogP contribution < -0.4 is 4.74 Å². The minimum absolute atomic E-state index is 0.714. The molecule has 112 valence electrons. The molecule has 0 aliphatic carbocycles. The highest BCUT2D eigenvalue weighted by Crippen LogP contribution is 2.32. The molecule has 23 heavy (non-hydrogen) atoms. The van der Waals surface area contributed by atoms with Gasteiger partial charge in [0.15, 0.2) is 0 Å². The van der Waals surface area contributed by atoms with Gasteiger partial charge in [-0.05, 0) is 18.2 Å². The zero-order chi connectivity index (χ0) is 15.8. The zero-order valence-corrected chi connectivity index (χ0v) is 13.3. The van der Waals surface area contributed by atoms with Crippen LogP contribution in [0.5, 0.6) is 5.75 Å². The summed E-state index contributed by atoms with van der Waals surface area (Å²) in [7, 11) is 1.63. The summed E-state index contributed by atoms with van der Waals surface area (Å²) >= 11 is 5.69. The largest absolute Gasteiger partial charge is 0.497 e. The highest BCUT2D eigenvalue weighted by atomic mass is 32.1. The monoisotopic (exact) mass is 319 g/mol. The molecule has 0 bridgehead atoms. The second kappa shape index (κ2) is 5.48. The lowest BCUT2D eigenvalue weighted by molar-refractivity contribution is 0.414. The van der Waals surface area contributed by atoms with E-state index in [0.717, 1.165) is 37.7 Å². The summed E-state index contributed by atoms with van der Waals surface area (Å²) in [6.45, 7) is 0. The van der Waals surface area contributed by atoms with Crippen LogP contribution in [0.2, 0.25) is 0 Å². The molecule has 0 radical (unpaired) electrons. The second-order valence-electron chi connectivity index (χ2n) is 5.22. The fourth-order valence-electron chi connectivity index (χ4n) is 2.74. The van der Waals surface area contributed by atoms with Crippen molar-refractivity contribution in [3.63, 3.8) is 0 Å². The Hall–Kier alpha value is -2.72. The molecule has 2 aromatic carbocycles. The number of methoxy groups -OCH3 is 1. The number of benzene rings is 2. The standard InChI is InChI=1S/C19H13NO2S/c1-21-13-7-8-15-17(10-13)22-11-16(19(15)23)14-6-2-4-12-5-3-9-20-18(12)14/h2-11H,1H3. The third-order valence-corrected chi connectivity index (χ3v) is 4.34. The summed E-state index contributed by atoms with van der Waals surface area (Å²) in [6, 6.07) is 15.7. The lowest BCUT2D eigenvalue weighted by Crippen LogP contribution is -1.87. The van der Waals surface area contributed by atoms with Crippen molar-refractivity contribution in [1.29, 1.82) is 0 Å². The summed E-state index contributed by atoms with van der Waals surface area (Å²) in [6.07, 6.45) is 3.49. The van der Waals surface area contributed by atoms with Gasteiger partial charge in [-0.2, -0.15) is 0 Å². The molecule has 0 spiro atoms. The molecule has 4 heteroatoms. The number of aromatic nitrogens is 1. The molecule has 0 atom stereocenters. The second-order valence-corrected chi connectivity index (χ2v) is 5.63. The summed E-state index contributed by atoms with van der Waals surface area (Å²) in [5, 5.41) is 1.97. The number of rotatable bonds is 2. The van der Waals surface area contributed by atoms with Crippen molar-refractivity contribution in [3.8, 4) is 16.9 Å². The lowest BCUT2D eigenvalue weighted by Gasteiger charge is -2.08. The van der Waals surface area contributed by atoms with E-state index in [0.29, 0.717) is 5.58 Å². The number of fused-ring (bicyclic) bond motifs is 2. The first kappa shape index (κ1) is 13.9. The van der Waals surface area contributed by atoms with Crippen molar-refractivity contribution < 1.29 is 9.15 Å². The van der Waals surface area contributed by atoms with E-state index < -0.39 is 0 Å². The molecule has 0 saturated carbocycles. The topological polar surface area (TPSA) is 35.3 Å². The predicted molar refractivity (Wildman–Crippen MR) is 94.3 cm³/mol. The summed E-state index contributed by atoms with van der Waals surface area (Å²) < 4.78 is 11.8. The number of para-hydroxylation sites is 1. The van der Waals surface area contributed by atoms with Gasteiger partial charge in [0.2, 0.25) is 0 Å². The average molecular weight is 319 g/mol. The Morgan fingerprint density at radius 3 is 2.78 bits per heavy atom. The Morgan fingerprint density at radius 2 is 1.91 bits per heavy atom. The zero-order valence-electron chi connectivity index (χ0n) is 12.4. The van der Waals surface area contributed by atoms with E-state index in [1.165, 1.54) is 0 Å². The fourth-order valence-corrected chi connectivity index (χ4v) is 3.07. The van der Waals surface area contributed by atoms with Gasteiger partial charge in [0.1, 0.15) is 17.6 Å². The van der Waals surface area contributed by atoms with Crippen molar-refractivity contribution in [2.45, 2.75) is 0 Å². The summed E-state index contributed by atoms with van der Waals surface area (Å²) in [4.78, 5) is 4.50. The van der Waals surface area contributed by atoms with E-state index in [2.05, 4.69) is 4.98 Å². The molecule has 0 unspecified atom stereocenters. The molecule has 0 aliphatic heterocycles. The van der Waals surface area contributed by atoms with Crippen LogP contribution in [0.1, 0.15) is 0 Å². The van der Waals surface area contributed by atoms with Crippen molar-refractivity contribution in [2.75, 3.05) is 7.11 Å². The van der Waals surface area contributed by atoms with Crippen molar-refractivity contribution in [2.24, 2.45) is 0 Å². The van der Waals surface area contributed by atoms with Crippen LogP contribution in [0.3, 0.4) is 0 Å². The van der Waals surface area contributed by atoms with Gasteiger partial charge in [0.25, 0.3) is 0 Å². The van der Waals surface area contributed by atoms with Crippen LogP contribution in [0, 0.1) is 4.51 Å². The SMILES string of the molecule is COc1ccc2c(=S)c(-c3cccc4cccnc34)coc2c1. The van der Waals surface area contributed by atoms with E-state index >= 15 is 0 Å². The molecule has 2 heterocycles. The average Bonchev–Trinajstić information content (AvgIpc) is 2.61. The number of hydrogen-bond acceptors (Lipinski definition) is 4. The van der Waals surface area contributed by atoms with Crippen LogP contribution >= 0.6 is 12.2 Å². The van der Waals surface area contributed by atoms with Gasteiger partial charge in [0.05, 0.1) is 17.1 Å². The first-order valence-corrected chi connectivity index (χ1v) is 7.62.